The average Bonchev–Trinajstić information content (AvgIpc) is 1.48. The predicted octanol–water partition coefficient (Wildman–Crippen LogP) is 26.2. The highest BCUT2D eigenvalue weighted by molar-refractivity contribution is 6.13. The Morgan fingerprint density at radius 3 is 1.34 bits per heavy atom. The minimum Gasteiger partial charge on any atom is -0.314 e. The van der Waals surface area contributed by atoms with Crippen molar-refractivity contribution in [1.82, 2.24) is 4.57 Å². The van der Waals surface area contributed by atoms with Crippen LogP contribution in [-0.2, 0) is 5.41 Å². The first-order valence-electron chi connectivity index (χ1n) is 35.7. The summed E-state index contributed by atoms with van der Waals surface area (Å²) in [7, 11) is 0. The molecule has 0 saturated heterocycles. The van der Waals surface area contributed by atoms with Crippen LogP contribution in [0, 0.1) is 0 Å². The van der Waals surface area contributed by atoms with Gasteiger partial charge in [-0.05, 0) is 250 Å². The molecule has 484 valence electrons. The lowest BCUT2D eigenvalue weighted by atomic mass is 9.65. The Morgan fingerprint density at radius 2 is 0.735 bits per heavy atom. The van der Waals surface area contributed by atoms with Crippen LogP contribution in [0.4, 0.5) is 62.6 Å². The molecule has 3 aliphatic carbocycles. The highest BCUT2D eigenvalue weighted by atomic mass is 15.2. The number of rotatable bonds is 15. The van der Waals surface area contributed by atoms with E-state index in [2.05, 4.69) is 406 Å². The average molecular weight is 1310 g/mol. The Labute approximate surface area is 596 Å². The zero-order chi connectivity index (χ0) is 67.5. The molecule has 5 nitrogen and oxygen atoms in total. The molecule has 1 aliphatic heterocycles. The van der Waals surface area contributed by atoms with E-state index in [1.165, 1.54) is 94.4 Å². The van der Waals surface area contributed by atoms with Crippen LogP contribution in [0.3, 0.4) is 0 Å². The molecule has 1 spiro atoms. The molecule has 0 amide bonds. The number of hydrogen-bond acceptors (Lipinski definition) is 4. The number of allylic oxidation sites excluding steroid dienone is 8. The number of fused-ring (bicyclic) bond motifs is 12. The van der Waals surface area contributed by atoms with E-state index in [0.29, 0.717) is 0 Å². The summed E-state index contributed by atoms with van der Waals surface area (Å²) in [4.78, 5) is 9.64. The van der Waals surface area contributed by atoms with Crippen molar-refractivity contribution in [2.75, 3.05) is 19.6 Å². The van der Waals surface area contributed by atoms with Crippen molar-refractivity contribution in [3.05, 3.63) is 421 Å². The molecular weight excluding hydrogens is 1240 g/mol. The maximum atomic E-state index is 2.58. The normalized spacial score (nSPS) is 14.7. The molecule has 1 aromatic heterocycles. The molecule has 0 fully saturated rings. The molecule has 14 aromatic carbocycles. The van der Waals surface area contributed by atoms with Gasteiger partial charge in [0.1, 0.15) is 0 Å². The molecule has 2 heterocycles. The van der Waals surface area contributed by atoms with E-state index in [-0.39, 0.29) is 0 Å². The summed E-state index contributed by atoms with van der Waals surface area (Å²) in [5.74, 6) is 0. The second-order valence-corrected chi connectivity index (χ2v) is 27.0. The van der Waals surface area contributed by atoms with Crippen molar-refractivity contribution in [2.45, 2.75) is 31.1 Å². The minimum atomic E-state index is -0.728. The highest BCUT2D eigenvalue weighted by Crippen LogP contribution is 2.62. The molecule has 1 atom stereocenters. The van der Waals surface area contributed by atoms with Gasteiger partial charge in [-0.2, -0.15) is 0 Å². The van der Waals surface area contributed by atoms with Gasteiger partial charge in [-0.15, -0.1) is 0 Å². The van der Waals surface area contributed by atoms with Gasteiger partial charge in [-0.25, -0.2) is 0 Å². The number of nitrogens with zero attached hydrogens (tertiary/aromatic N) is 5. The molecule has 15 aromatic rings. The van der Waals surface area contributed by atoms with Crippen LogP contribution in [-0.4, -0.2) is 4.57 Å². The van der Waals surface area contributed by atoms with Crippen molar-refractivity contribution in [3.63, 3.8) is 0 Å². The van der Waals surface area contributed by atoms with Gasteiger partial charge >= 0.3 is 0 Å². The largest absolute Gasteiger partial charge is 0.314 e. The van der Waals surface area contributed by atoms with Gasteiger partial charge in [0.15, 0.2) is 0 Å². The summed E-state index contributed by atoms with van der Waals surface area (Å²) in [6.45, 7) is 0. The molecule has 102 heavy (non-hydrogen) atoms. The zero-order valence-corrected chi connectivity index (χ0v) is 56.4. The summed E-state index contributed by atoms with van der Waals surface area (Å²) in [6, 6.07) is 130. The molecule has 0 saturated carbocycles. The molecule has 19 rings (SSSR count). The van der Waals surface area contributed by atoms with Gasteiger partial charge in [0.25, 0.3) is 0 Å². The SMILES string of the molecule is C1=CC(c2cccc(N(C3=CC=C(c4ccc5c(c4)C4(c6cc(N(c7ccc(N(c8ccccc8)c8ccccc8)cc7)c7cccc(-c8ccccc8)c7)ccc6-5)c5ccccc5-n5c6ccccc6c6cccc4c65)CC3)c3ccc(N(c4ccccc4)c4ccccc4)cc3)c2)=CCC1. The lowest BCUT2D eigenvalue weighted by molar-refractivity contribution is 0.748. The van der Waals surface area contributed by atoms with Crippen LogP contribution in [0.1, 0.15) is 59.1 Å². The smallest absolute Gasteiger partial charge is 0.0755 e. The van der Waals surface area contributed by atoms with E-state index >= 15 is 0 Å². The number of aromatic nitrogens is 1. The molecule has 5 heteroatoms. The summed E-state index contributed by atoms with van der Waals surface area (Å²) in [6.07, 6.45) is 15.6. The minimum absolute atomic E-state index is 0.728. The third-order valence-electron chi connectivity index (χ3n) is 21.2. The molecule has 0 N–H and O–H groups in total. The Kier molecular flexibility index (Phi) is 15.0. The van der Waals surface area contributed by atoms with E-state index in [1.54, 1.807) is 0 Å². The van der Waals surface area contributed by atoms with E-state index in [9.17, 15) is 0 Å². The standard InChI is InChI=1S/C97H71N5/c1-7-26-68(27-8-1)71-30-23-40-83(64-71)100(81-57-53-79(54-58-81)98(74-32-11-3-12-33-74)75-34-13-4-14-35-75)78-51-48-70(49-52-78)73-50-62-86-87-63-61-85(67-93(87)97(92(86)66-73)90-44-20-22-47-95(90)102-94-46-21-19-42-88(94)89-43-25-45-91(97)96(89)102)101(84-41-24-31-72(65-84)69-28-9-2-10-29-69)82-59-55-80(56-60-82)99(76-36-15-5-16-37-76)77-38-17-6-18-39-77/h2-7,9-48,50-51,53-67H,1,8,49,52H2. The molecule has 4 aliphatic rings. The molecule has 0 bridgehead atoms. The quantitative estimate of drug-likeness (QED) is 0.102. The van der Waals surface area contributed by atoms with E-state index in [4.69, 9.17) is 0 Å². The lowest BCUT2D eigenvalue weighted by Gasteiger charge is -2.40. The maximum Gasteiger partial charge on any atom is 0.0755 e. The maximum absolute atomic E-state index is 2.58. The van der Waals surface area contributed by atoms with Crippen molar-refractivity contribution in [2.24, 2.45) is 0 Å². The van der Waals surface area contributed by atoms with Crippen LogP contribution in [0.5, 0.6) is 0 Å². The highest BCUT2D eigenvalue weighted by Gasteiger charge is 2.51. The Hall–Kier alpha value is -13.0. The summed E-state index contributed by atoms with van der Waals surface area (Å²) >= 11 is 0. The van der Waals surface area contributed by atoms with Gasteiger partial charge in [0.2, 0.25) is 0 Å². The van der Waals surface area contributed by atoms with Gasteiger partial charge in [0.05, 0.1) is 22.1 Å². The van der Waals surface area contributed by atoms with Crippen molar-refractivity contribution >= 4 is 95.5 Å². The van der Waals surface area contributed by atoms with Crippen LogP contribution in [0.15, 0.2) is 388 Å². The third kappa shape index (κ3) is 10.2. The summed E-state index contributed by atoms with van der Waals surface area (Å²) < 4.78 is 2.55. The fourth-order valence-corrected chi connectivity index (χ4v) is 16.7. The number of hydrogen-bond donors (Lipinski definition) is 0. The van der Waals surface area contributed by atoms with Crippen molar-refractivity contribution in [1.29, 1.82) is 0 Å². The topological polar surface area (TPSA) is 17.9 Å². The number of benzene rings is 14. The number of para-hydroxylation sites is 7. The van der Waals surface area contributed by atoms with Crippen LogP contribution in [0.2, 0.25) is 0 Å². The first-order chi connectivity index (χ1) is 50.6. The first kappa shape index (κ1) is 60.2. The van der Waals surface area contributed by atoms with Gasteiger partial charge < -0.3 is 24.2 Å². The van der Waals surface area contributed by atoms with Gasteiger partial charge in [-0.3, -0.25) is 0 Å². The second-order valence-electron chi connectivity index (χ2n) is 27.0. The third-order valence-corrected chi connectivity index (χ3v) is 21.2. The lowest BCUT2D eigenvalue weighted by Crippen LogP contribution is -2.33. The van der Waals surface area contributed by atoms with E-state index in [1.807, 2.05) is 0 Å². The Bertz CT molecular complexity index is 5730. The predicted molar refractivity (Wildman–Crippen MR) is 428 cm³/mol. The zero-order valence-electron chi connectivity index (χ0n) is 56.4. The van der Waals surface area contributed by atoms with Gasteiger partial charge in [0, 0.05) is 79.0 Å². The monoisotopic (exact) mass is 1310 g/mol. The van der Waals surface area contributed by atoms with Crippen molar-refractivity contribution < 1.29 is 0 Å². The summed E-state index contributed by atoms with van der Waals surface area (Å²) in [5.41, 5.74) is 31.2. The fraction of sp³-hybridized carbons (Fsp3) is 0.0515. The Balaban J connectivity index is 0.772. The fourth-order valence-electron chi connectivity index (χ4n) is 16.7. The van der Waals surface area contributed by atoms with E-state index < -0.39 is 5.41 Å². The second kappa shape index (κ2) is 25.4. The summed E-state index contributed by atoms with van der Waals surface area (Å²) in [5, 5.41) is 2.51. The van der Waals surface area contributed by atoms with Gasteiger partial charge in [-0.1, -0.05) is 224 Å². The number of anilines is 11. The van der Waals surface area contributed by atoms with Crippen LogP contribution in [0.25, 0.3) is 60.9 Å². The first-order valence-corrected chi connectivity index (χ1v) is 35.7. The van der Waals surface area contributed by atoms with Crippen LogP contribution >= 0.6 is 0 Å². The molecule has 0 radical (unpaired) electrons. The Morgan fingerprint density at radius 1 is 0.284 bits per heavy atom. The molecule has 1 unspecified atom stereocenters. The van der Waals surface area contributed by atoms with Crippen molar-refractivity contribution in [3.8, 4) is 27.9 Å². The molecular formula is C97H71N5. The van der Waals surface area contributed by atoms with E-state index in [0.717, 1.165) is 93.8 Å². The van der Waals surface area contributed by atoms with Crippen LogP contribution < -0.4 is 19.6 Å².